The number of aromatic hydroxyl groups is 3. The van der Waals surface area contributed by atoms with Gasteiger partial charge in [-0.3, -0.25) is 9.59 Å². The van der Waals surface area contributed by atoms with Gasteiger partial charge in [-0.15, -0.1) is 0 Å². The minimum Gasteiger partial charge on any atom is -0.507 e. The summed E-state index contributed by atoms with van der Waals surface area (Å²) in [7, 11) is 0. The van der Waals surface area contributed by atoms with Crippen LogP contribution in [0.1, 0.15) is 79.7 Å². The number of ketones is 2. The fourth-order valence-corrected chi connectivity index (χ4v) is 2.45. The molecular formula is C19H28O5. The van der Waals surface area contributed by atoms with Gasteiger partial charge in [0.1, 0.15) is 28.4 Å². The Kier molecular flexibility index (Phi) is 6.81. The molecule has 1 aromatic carbocycles. The number of carbonyl (C=O) groups excluding carboxylic acids is 2. The molecule has 0 radical (unpaired) electrons. The summed E-state index contributed by atoms with van der Waals surface area (Å²) in [6, 6.07) is 0. The van der Waals surface area contributed by atoms with Gasteiger partial charge in [0, 0.05) is 18.4 Å². The molecule has 0 saturated heterocycles. The normalized spacial score (nSPS) is 11.3. The Balaban J connectivity index is 3.31. The number of rotatable bonds is 8. The van der Waals surface area contributed by atoms with Crippen LogP contribution < -0.4 is 0 Å². The standard InChI is InChI=1S/C19H28O5/c1-10(2)6-8-13(20)15-17(22)12(5)18(23)16(19(15)24)14(21)9-7-11(3)4/h10-11,22-24H,6-9H2,1-5H3. The highest BCUT2D eigenvalue weighted by Gasteiger charge is 2.28. The molecule has 134 valence electrons. The van der Waals surface area contributed by atoms with Crippen molar-refractivity contribution < 1.29 is 24.9 Å². The highest BCUT2D eigenvalue weighted by molar-refractivity contribution is 6.09. The van der Waals surface area contributed by atoms with Crippen molar-refractivity contribution in [2.45, 2.75) is 60.3 Å². The van der Waals surface area contributed by atoms with Gasteiger partial charge in [-0.05, 0) is 31.6 Å². The fourth-order valence-electron chi connectivity index (χ4n) is 2.45. The number of phenolic OH excluding ortho intramolecular Hbond substituents is 3. The average molecular weight is 336 g/mol. The molecule has 0 aromatic heterocycles. The summed E-state index contributed by atoms with van der Waals surface area (Å²) in [5.41, 5.74) is -0.494. The minimum atomic E-state index is -0.613. The van der Waals surface area contributed by atoms with E-state index in [0.717, 1.165) is 0 Å². The first-order valence-corrected chi connectivity index (χ1v) is 8.41. The van der Waals surface area contributed by atoms with E-state index in [-0.39, 0.29) is 29.5 Å². The van der Waals surface area contributed by atoms with Gasteiger partial charge >= 0.3 is 0 Å². The minimum absolute atomic E-state index is 0.0357. The van der Waals surface area contributed by atoms with Crippen molar-refractivity contribution in [2.75, 3.05) is 0 Å². The first kappa shape index (κ1) is 20.0. The zero-order valence-electron chi connectivity index (χ0n) is 15.1. The quantitative estimate of drug-likeness (QED) is 0.613. The molecule has 0 amide bonds. The van der Waals surface area contributed by atoms with E-state index in [0.29, 0.717) is 24.7 Å². The molecular weight excluding hydrogens is 308 g/mol. The van der Waals surface area contributed by atoms with Gasteiger partial charge in [0.05, 0.1) is 0 Å². The number of benzene rings is 1. The Bertz CT molecular complexity index is 578. The van der Waals surface area contributed by atoms with Crippen molar-refractivity contribution in [2.24, 2.45) is 11.8 Å². The molecule has 0 aliphatic rings. The van der Waals surface area contributed by atoms with Crippen molar-refractivity contribution in [3.8, 4) is 17.2 Å². The first-order chi connectivity index (χ1) is 11.1. The largest absolute Gasteiger partial charge is 0.507 e. The topological polar surface area (TPSA) is 94.8 Å². The van der Waals surface area contributed by atoms with E-state index >= 15 is 0 Å². The maximum absolute atomic E-state index is 12.4. The van der Waals surface area contributed by atoms with Crippen LogP contribution in [0.25, 0.3) is 0 Å². The Morgan fingerprint density at radius 1 is 0.750 bits per heavy atom. The summed E-state index contributed by atoms with van der Waals surface area (Å²) >= 11 is 0. The molecule has 0 unspecified atom stereocenters. The SMILES string of the molecule is Cc1c(O)c(C(=O)CCC(C)C)c(O)c(C(=O)CCC(C)C)c1O. The Morgan fingerprint density at radius 3 is 1.38 bits per heavy atom. The van der Waals surface area contributed by atoms with E-state index in [1.165, 1.54) is 6.92 Å². The van der Waals surface area contributed by atoms with Gasteiger partial charge in [0.15, 0.2) is 11.6 Å². The lowest BCUT2D eigenvalue weighted by Crippen LogP contribution is -2.09. The van der Waals surface area contributed by atoms with E-state index < -0.39 is 28.8 Å². The molecule has 0 atom stereocenters. The number of hydrogen-bond donors (Lipinski definition) is 3. The van der Waals surface area contributed by atoms with Gasteiger partial charge < -0.3 is 15.3 Å². The van der Waals surface area contributed by atoms with Crippen LogP contribution in [0.15, 0.2) is 0 Å². The number of Topliss-reactive ketones (excluding diaryl/α,β-unsaturated/α-hetero) is 2. The van der Waals surface area contributed by atoms with Gasteiger partial charge in [0.25, 0.3) is 0 Å². The van der Waals surface area contributed by atoms with Crippen LogP contribution in [-0.2, 0) is 0 Å². The molecule has 5 nitrogen and oxygen atoms in total. The predicted octanol–water partition coefficient (Wildman–Crippen LogP) is 4.35. The molecule has 0 fully saturated rings. The van der Waals surface area contributed by atoms with E-state index in [1.54, 1.807) is 0 Å². The van der Waals surface area contributed by atoms with E-state index in [1.807, 2.05) is 27.7 Å². The second-order valence-electron chi connectivity index (χ2n) is 7.13. The summed E-state index contributed by atoms with van der Waals surface area (Å²) in [5.74, 6) is -1.80. The van der Waals surface area contributed by atoms with Crippen molar-refractivity contribution in [3.05, 3.63) is 16.7 Å². The summed E-state index contributed by atoms with van der Waals surface area (Å²) in [6.45, 7) is 9.29. The smallest absolute Gasteiger partial charge is 0.170 e. The van der Waals surface area contributed by atoms with E-state index in [4.69, 9.17) is 0 Å². The second-order valence-corrected chi connectivity index (χ2v) is 7.13. The number of phenols is 3. The summed E-state index contributed by atoms with van der Waals surface area (Å²) in [5, 5.41) is 30.7. The lowest BCUT2D eigenvalue weighted by atomic mass is 9.91. The third-order valence-electron chi connectivity index (χ3n) is 4.11. The van der Waals surface area contributed by atoms with Gasteiger partial charge in [0.2, 0.25) is 0 Å². The number of carbonyl (C=O) groups is 2. The molecule has 24 heavy (non-hydrogen) atoms. The molecule has 3 N–H and O–H groups in total. The summed E-state index contributed by atoms with van der Waals surface area (Å²) < 4.78 is 0. The van der Waals surface area contributed by atoms with Crippen molar-refractivity contribution in [3.63, 3.8) is 0 Å². The van der Waals surface area contributed by atoms with Gasteiger partial charge in [-0.25, -0.2) is 0 Å². The second kappa shape index (κ2) is 8.18. The fraction of sp³-hybridized carbons (Fsp3) is 0.579. The average Bonchev–Trinajstić information content (AvgIpc) is 2.49. The van der Waals surface area contributed by atoms with Crippen LogP contribution in [0.3, 0.4) is 0 Å². The summed E-state index contributed by atoms with van der Waals surface area (Å²) in [6.07, 6.45) is 1.52. The lowest BCUT2D eigenvalue weighted by molar-refractivity contribution is 0.0967. The third kappa shape index (κ3) is 4.49. The van der Waals surface area contributed by atoms with Crippen LogP contribution >= 0.6 is 0 Å². The Labute approximate surface area is 143 Å². The highest BCUT2D eigenvalue weighted by atomic mass is 16.3. The van der Waals surface area contributed by atoms with Crippen LogP contribution in [0.5, 0.6) is 17.2 Å². The van der Waals surface area contributed by atoms with Gasteiger partial charge in [-0.2, -0.15) is 0 Å². The van der Waals surface area contributed by atoms with E-state index in [9.17, 15) is 24.9 Å². The van der Waals surface area contributed by atoms with Gasteiger partial charge in [-0.1, -0.05) is 27.7 Å². The van der Waals surface area contributed by atoms with Crippen LogP contribution in [0.2, 0.25) is 0 Å². The maximum Gasteiger partial charge on any atom is 0.170 e. The molecule has 0 aliphatic heterocycles. The molecule has 0 spiro atoms. The molecule has 0 heterocycles. The summed E-state index contributed by atoms with van der Waals surface area (Å²) in [4.78, 5) is 24.8. The maximum atomic E-state index is 12.4. The third-order valence-corrected chi connectivity index (χ3v) is 4.11. The zero-order chi connectivity index (χ0) is 18.6. The van der Waals surface area contributed by atoms with Crippen molar-refractivity contribution >= 4 is 11.6 Å². The molecule has 1 aromatic rings. The number of hydrogen-bond acceptors (Lipinski definition) is 5. The molecule has 0 saturated carbocycles. The zero-order valence-corrected chi connectivity index (χ0v) is 15.1. The lowest BCUT2D eigenvalue weighted by Gasteiger charge is -2.16. The Hall–Kier alpha value is -2.04. The molecule has 1 rings (SSSR count). The van der Waals surface area contributed by atoms with Crippen LogP contribution in [0, 0.1) is 18.8 Å². The first-order valence-electron chi connectivity index (χ1n) is 8.41. The predicted molar refractivity (Wildman–Crippen MR) is 93.0 cm³/mol. The molecule has 5 heteroatoms. The van der Waals surface area contributed by atoms with Crippen LogP contribution in [0.4, 0.5) is 0 Å². The Morgan fingerprint density at radius 2 is 1.08 bits per heavy atom. The monoisotopic (exact) mass is 336 g/mol. The molecule has 0 bridgehead atoms. The molecule has 0 aliphatic carbocycles. The van der Waals surface area contributed by atoms with Crippen molar-refractivity contribution in [1.82, 2.24) is 0 Å². The van der Waals surface area contributed by atoms with E-state index in [2.05, 4.69) is 0 Å². The van der Waals surface area contributed by atoms with Crippen molar-refractivity contribution in [1.29, 1.82) is 0 Å². The van der Waals surface area contributed by atoms with Crippen LogP contribution in [-0.4, -0.2) is 26.9 Å². The highest BCUT2D eigenvalue weighted by Crippen LogP contribution is 2.43.